The molecular formula is C16H22N4O3S. The summed E-state index contributed by atoms with van der Waals surface area (Å²) >= 11 is 0. The van der Waals surface area contributed by atoms with Crippen molar-refractivity contribution in [3.63, 3.8) is 0 Å². The van der Waals surface area contributed by atoms with Crippen molar-refractivity contribution < 1.29 is 13.2 Å². The Balaban J connectivity index is 2.41. The standard InChI is InChI=1S/C16H22N4O3S/c1-10-7-8-13(24(22,23)19(4)5)9-14(10)17-16(21)15-11(2)18-20(6)12(15)3/h7-9H,1-6H3,(H,17,21). The number of hydrogen-bond acceptors (Lipinski definition) is 4. The zero-order valence-corrected chi connectivity index (χ0v) is 15.5. The number of amides is 1. The summed E-state index contributed by atoms with van der Waals surface area (Å²) in [4.78, 5) is 12.7. The second kappa shape index (κ2) is 6.37. The van der Waals surface area contributed by atoms with E-state index in [1.165, 1.54) is 26.2 Å². The van der Waals surface area contributed by atoms with Gasteiger partial charge >= 0.3 is 0 Å². The molecule has 1 aromatic heterocycles. The van der Waals surface area contributed by atoms with Crippen molar-refractivity contribution in [1.29, 1.82) is 0 Å². The fraction of sp³-hybridized carbons (Fsp3) is 0.375. The Morgan fingerprint density at radius 1 is 1.21 bits per heavy atom. The summed E-state index contributed by atoms with van der Waals surface area (Å²) in [5.41, 5.74) is 3.12. The summed E-state index contributed by atoms with van der Waals surface area (Å²) in [5, 5.41) is 7.03. The van der Waals surface area contributed by atoms with Crippen molar-refractivity contribution >= 4 is 21.6 Å². The van der Waals surface area contributed by atoms with E-state index in [4.69, 9.17) is 0 Å². The number of carbonyl (C=O) groups is 1. The molecular weight excluding hydrogens is 328 g/mol. The molecule has 24 heavy (non-hydrogen) atoms. The van der Waals surface area contributed by atoms with Crippen molar-refractivity contribution in [1.82, 2.24) is 14.1 Å². The van der Waals surface area contributed by atoms with Crippen molar-refractivity contribution in [3.05, 3.63) is 40.7 Å². The number of aryl methyl sites for hydroxylation is 3. The molecule has 0 aliphatic rings. The van der Waals surface area contributed by atoms with Gasteiger partial charge in [-0.05, 0) is 38.5 Å². The van der Waals surface area contributed by atoms with Gasteiger partial charge in [-0.2, -0.15) is 5.10 Å². The van der Waals surface area contributed by atoms with Crippen LogP contribution in [0.4, 0.5) is 5.69 Å². The van der Waals surface area contributed by atoms with Crippen molar-refractivity contribution in [2.75, 3.05) is 19.4 Å². The number of nitrogens with one attached hydrogen (secondary N) is 1. The highest BCUT2D eigenvalue weighted by atomic mass is 32.2. The van der Waals surface area contributed by atoms with Gasteiger partial charge in [-0.3, -0.25) is 9.48 Å². The van der Waals surface area contributed by atoms with Gasteiger partial charge in [-0.15, -0.1) is 0 Å². The Morgan fingerprint density at radius 3 is 2.33 bits per heavy atom. The highest BCUT2D eigenvalue weighted by molar-refractivity contribution is 7.89. The first-order valence-electron chi connectivity index (χ1n) is 7.40. The van der Waals surface area contributed by atoms with Crippen LogP contribution in [0.3, 0.4) is 0 Å². The molecule has 0 unspecified atom stereocenters. The van der Waals surface area contributed by atoms with Crippen LogP contribution in [0.1, 0.15) is 27.3 Å². The molecule has 0 aliphatic carbocycles. The number of rotatable bonds is 4. The van der Waals surface area contributed by atoms with Crippen LogP contribution in [0.2, 0.25) is 0 Å². The van der Waals surface area contributed by atoms with Crippen LogP contribution < -0.4 is 5.32 Å². The van der Waals surface area contributed by atoms with E-state index in [1.54, 1.807) is 24.7 Å². The fourth-order valence-electron chi connectivity index (χ4n) is 2.39. The lowest BCUT2D eigenvalue weighted by Gasteiger charge is -2.14. The second-order valence-electron chi connectivity index (χ2n) is 5.89. The van der Waals surface area contributed by atoms with Crippen LogP contribution in [-0.2, 0) is 17.1 Å². The maximum atomic E-state index is 12.6. The minimum Gasteiger partial charge on any atom is -0.322 e. The van der Waals surface area contributed by atoms with E-state index < -0.39 is 10.0 Å². The number of hydrogen-bond donors (Lipinski definition) is 1. The van der Waals surface area contributed by atoms with Crippen LogP contribution in [-0.4, -0.2) is 42.5 Å². The molecule has 7 nitrogen and oxygen atoms in total. The number of aromatic nitrogens is 2. The number of anilines is 1. The van der Waals surface area contributed by atoms with Gasteiger partial charge in [0.25, 0.3) is 5.91 Å². The molecule has 2 aromatic rings. The predicted molar refractivity (Wildman–Crippen MR) is 92.7 cm³/mol. The third-order valence-electron chi connectivity index (χ3n) is 3.97. The summed E-state index contributed by atoms with van der Waals surface area (Å²) in [7, 11) is 1.15. The topological polar surface area (TPSA) is 84.3 Å². The Morgan fingerprint density at radius 2 is 1.83 bits per heavy atom. The van der Waals surface area contributed by atoms with Gasteiger partial charge in [-0.1, -0.05) is 6.07 Å². The first kappa shape index (κ1) is 18.2. The van der Waals surface area contributed by atoms with E-state index in [0.29, 0.717) is 16.9 Å². The van der Waals surface area contributed by atoms with Crippen molar-refractivity contribution in [2.24, 2.45) is 7.05 Å². The second-order valence-corrected chi connectivity index (χ2v) is 8.04. The van der Waals surface area contributed by atoms with E-state index in [9.17, 15) is 13.2 Å². The van der Waals surface area contributed by atoms with Crippen molar-refractivity contribution in [2.45, 2.75) is 25.7 Å². The van der Waals surface area contributed by atoms with Gasteiger partial charge in [0.15, 0.2) is 0 Å². The first-order chi connectivity index (χ1) is 11.1. The number of benzene rings is 1. The molecule has 0 atom stereocenters. The summed E-state index contributed by atoms with van der Waals surface area (Å²) in [6.45, 7) is 5.39. The maximum Gasteiger partial charge on any atom is 0.259 e. The fourth-order valence-corrected chi connectivity index (χ4v) is 3.32. The molecule has 0 bridgehead atoms. The predicted octanol–water partition coefficient (Wildman–Crippen LogP) is 1.85. The van der Waals surface area contributed by atoms with Crippen LogP contribution in [0.25, 0.3) is 0 Å². The molecule has 0 spiro atoms. The summed E-state index contributed by atoms with van der Waals surface area (Å²) in [6.07, 6.45) is 0. The SMILES string of the molecule is Cc1ccc(S(=O)(=O)N(C)C)cc1NC(=O)c1c(C)nn(C)c1C. The zero-order chi connectivity index (χ0) is 18.2. The Labute approximate surface area is 142 Å². The molecule has 1 aromatic carbocycles. The molecule has 1 heterocycles. The van der Waals surface area contributed by atoms with E-state index >= 15 is 0 Å². The van der Waals surface area contributed by atoms with Gasteiger partial charge < -0.3 is 5.32 Å². The average molecular weight is 350 g/mol. The van der Waals surface area contributed by atoms with E-state index in [0.717, 1.165) is 15.6 Å². The molecule has 0 saturated heterocycles. The lowest BCUT2D eigenvalue weighted by Crippen LogP contribution is -2.22. The van der Waals surface area contributed by atoms with Crippen LogP contribution in [0.5, 0.6) is 0 Å². The molecule has 1 amide bonds. The molecule has 0 aliphatic heterocycles. The number of sulfonamides is 1. The molecule has 1 N–H and O–H groups in total. The summed E-state index contributed by atoms with van der Waals surface area (Å²) in [6, 6.07) is 4.68. The summed E-state index contributed by atoms with van der Waals surface area (Å²) in [5.74, 6) is -0.305. The zero-order valence-electron chi connectivity index (χ0n) is 14.7. The average Bonchev–Trinajstić information content (AvgIpc) is 2.74. The Kier molecular flexibility index (Phi) is 4.82. The van der Waals surface area contributed by atoms with Gasteiger partial charge in [0.1, 0.15) is 0 Å². The third kappa shape index (κ3) is 3.20. The van der Waals surface area contributed by atoms with Crippen LogP contribution in [0, 0.1) is 20.8 Å². The quantitative estimate of drug-likeness (QED) is 0.912. The molecule has 2 rings (SSSR count). The smallest absolute Gasteiger partial charge is 0.259 e. The highest BCUT2D eigenvalue weighted by Crippen LogP contribution is 2.23. The van der Waals surface area contributed by atoms with Gasteiger partial charge in [0.2, 0.25) is 10.0 Å². The minimum atomic E-state index is -3.56. The van der Waals surface area contributed by atoms with Gasteiger partial charge in [-0.25, -0.2) is 12.7 Å². The highest BCUT2D eigenvalue weighted by Gasteiger charge is 2.21. The Bertz CT molecular complexity index is 898. The summed E-state index contributed by atoms with van der Waals surface area (Å²) < 4.78 is 27.3. The van der Waals surface area contributed by atoms with E-state index in [1.807, 2.05) is 13.8 Å². The maximum absolute atomic E-state index is 12.6. The van der Waals surface area contributed by atoms with Gasteiger partial charge in [0, 0.05) is 32.5 Å². The van der Waals surface area contributed by atoms with Crippen molar-refractivity contribution in [3.8, 4) is 0 Å². The molecule has 130 valence electrons. The lowest BCUT2D eigenvalue weighted by molar-refractivity contribution is 0.102. The van der Waals surface area contributed by atoms with Gasteiger partial charge in [0.05, 0.1) is 16.2 Å². The van der Waals surface area contributed by atoms with Crippen LogP contribution in [0.15, 0.2) is 23.1 Å². The van der Waals surface area contributed by atoms with Crippen LogP contribution >= 0.6 is 0 Å². The van der Waals surface area contributed by atoms with E-state index in [-0.39, 0.29) is 10.8 Å². The molecule has 0 fully saturated rings. The third-order valence-corrected chi connectivity index (χ3v) is 5.78. The number of nitrogens with zero attached hydrogens (tertiary/aromatic N) is 3. The largest absolute Gasteiger partial charge is 0.322 e. The van der Waals surface area contributed by atoms with E-state index in [2.05, 4.69) is 10.4 Å². The molecule has 8 heteroatoms. The lowest BCUT2D eigenvalue weighted by atomic mass is 10.1. The monoisotopic (exact) mass is 350 g/mol. The Hall–Kier alpha value is -2.19. The minimum absolute atomic E-state index is 0.132. The number of carbonyl (C=O) groups excluding carboxylic acids is 1. The normalized spacial score (nSPS) is 11.8. The molecule has 0 saturated carbocycles. The first-order valence-corrected chi connectivity index (χ1v) is 8.84. The molecule has 0 radical (unpaired) electrons.